The molecule has 0 aromatic heterocycles. The fourth-order valence-electron chi connectivity index (χ4n) is 2.51. The van der Waals surface area contributed by atoms with E-state index in [0.717, 1.165) is 30.4 Å². The lowest BCUT2D eigenvalue weighted by Crippen LogP contribution is -2.19. The van der Waals surface area contributed by atoms with E-state index in [0.29, 0.717) is 17.4 Å². The van der Waals surface area contributed by atoms with E-state index >= 15 is 0 Å². The molecule has 0 unspecified atom stereocenters. The van der Waals surface area contributed by atoms with Crippen LogP contribution in [0.4, 0.5) is 0 Å². The maximum Gasteiger partial charge on any atom is 0.119 e. The van der Waals surface area contributed by atoms with Crippen molar-refractivity contribution in [2.45, 2.75) is 25.2 Å². The molecule has 0 heterocycles. The zero-order chi connectivity index (χ0) is 9.71. The quantitative estimate of drug-likeness (QED) is 0.485. The first-order valence-corrected chi connectivity index (χ1v) is 5.00. The second-order valence-electron chi connectivity index (χ2n) is 4.07. The van der Waals surface area contributed by atoms with Gasteiger partial charge in [0, 0.05) is 17.0 Å². The molecule has 1 aromatic rings. The molecular formula is C12H12O2. The molecule has 0 radical (unpaired) electrons. The average molecular weight is 188 g/mol. The lowest BCUT2D eigenvalue weighted by atomic mass is 9.69. The van der Waals surface area contributed by atoms with Crippen LogP contribution < -0.4 is 0 Å². The number of hydrogen-bond donors (Lipinski definition) is 2. The Labute approximate surface area is 82.5 Å². The van der Waals surface area contributed by atoms with E-state index in [2.05, 4.69) is 6.08 Å². The van der Waals surface area contributed by atoms with E-state index in [1.165, 1.54) is 5.57 Å². The molecule has 0 amide bonds. The van der Waals surface area contributed by atoms with Crippen molar-refractivity contribution in [3.63, 3.8) is 0 Å². The van der Waals surface area contributed by atoms with Crippen LogP contribution in [0.1, 0.15) is 29.9 Å². The van der Waals surface area contributed by atoms with Crippen molar-refractivity contribution in [1.29, 1.82) is 0 Å². The van der Waals surface area contributed by atoms with Crippen molar-refractivity contribution >= 4 is 0 Å². The molecule has 0 bridgehead atoms. The van der Waals surface area contributed by atoms with E-state index in [9.17, 15) is 10.2 Å². The molecule has 0 spiro atoms. The van der Waals surface area contributed by atoms with E-state index < -0.39 is 0 Å². The minimum absolute atomic E-state index is 0.319. The highest BCUT2D eigenvalue weighted by atomic mass is 16.3. The molecular weight excluding hydrogens is 176 g/mol. The lowest BCUT2D eigenvalue weighted by Gasteiger charge is -2.35. The smallest absolute Gasteiger partial charge is 0.119 e. The second-order valence-corrected chi connectivity index (χ2v) is 4.07. The van der Waals surface area contributed by atoms with Gasteiger partial charge in [0.05, 0.1) is 0 Å². The predicted octanol–water partition coefficient (Wildman–Crippen LogP) is 2.46. The van der Waals surface area contributed by atoms with E-state index in [1.807, 2.05) is 0 Å². The van der Waals surface area contributed by atoms with Gasteiger partial charge in [-0.25, -0.2) is 0 Å². The van der Waals surface area contributed by atoms with Gasteiger partial charge in [0.25, 0.3) is 0 Å². The van der Waals surface area contributed by atoms with Gasteiger partial charge in [0.2, 0.25) is 0 Å². The number of phenols is 2. The standard InChI is InChI=1S/C12H12O2/c13-10-5-6-11(14)12-8-3-1-7(8)2-4-9(10)12/h2,5-6,8,13-14H,1,3-4H2/t8-/m1/s1. The average Bonchev–Trinajstić information content (AvgIpc) is 2.13. The zero-order valence-electron chi connectivity index (χ0n) is 7.83. The van der Waals surface area contributed by atoms with Crippen LogP contribution >= 0.6 is 0 Å². The molecule has 0 saturated heterocycles. The summed E-state index contributed by atoms with van der Waals surface area (Å²) < 4.78 is 0. The van der Waals surface area contributed by atoms with Gasteiger partial charge in [-0.05, 0) is 31.4 Å². The highest BCUT2D eigenvalue weighted by molar-refractivity contribution is 5.56. The Balaban J connectivity index is 2.22. The van der Waals surface area contributed by atoms with Crippen molar-refractivity contribution in [2.75, 3.05) is 0 Å². The summed E-state index contributed by atoms with van der Waals surface area (Å²) in [5.74, 6) is 1.04. The number of allylic oxidation sites excluding steroid dienone is 2. The summed E-state index contributed by atoms with van der Waals surface area (Å²) in [6, 6.07) is 3.17. The van der Waals surface area contributed by atoms with Crippen LogP contribution in [0.15, 0.2) is 23.8 Å². The lowest BCUT2D eigenvalue weighted by molar-refractivity contribution is 0.430. The normalized spacial score (nSPS) is 23.1. The van der Waals surface area contributed by atoms with Crippen LogP contribution in [0, 0.1) is 0 Å². The van der Waals surface area contributed by atoms with Crippen LogP contribution in [-0.4, -0.2) is 10.2 Å². The van der Waals surface area contributed by atoms with Crippen LogP contribution in [0.25, 0.3) is 0 Å². The maximum atomic E-state index is 9.76. The van der Waals surface area contributed by atoms with Gasteiger partial charge in [-0.3, -0.25) is 0 Å². The van der Waals surface area contributed by atoms with Gasteiger partial charge in [-0.2, -0.15) is 0 Å². The molecule has 2 nitrogen and oxygen atoms in total. The van der Waals surface area contributed by atoms with Crippen LogP contribution in [0.3, 0.4) is 0 Å². The van der Waals surface area contributed by atoms with E-state index in [-0.39, 0.29) is 0 Å². The fraction of sp³-hybridized carbons (Fsp3) is 0.333. The highest BCUT2D eigenvalue weighted by Gasteiger charge is 2.33. The summed E-state index contributed by atoms with van der Waals surface area (Å²) in [7, 11) is 0. The van der Waals surface area contributed by atoms with Gasteiger partial charge < -0.3 is 10.2 Å². The number of hydrogen-bond acceptors (Lipinski definition) is 2. The first-order chi connectivity index (χ1) is 6.77. The van der Waals surface area contributed by atoms with Gasteiger partial charge in [0.1, 0.15) is 11.5 Å². The summed E-state index contributed by atoms with van der Waals surface area (Å²) in [6.07, 6.45) is 5.21. The maximum absolute atomic E-state index is 9.76. The largest absolute Gasteiger partial charge is 0.508 e. The second kappa shape index (κ2) is 2.53. The molecule has 14 heavy (non-hydrogen) atoms. The third-order valence-electron chi connectivity index (χ3n) is 3.40. The van der Waals surface area contributed by atoms with Gasteiger partial charge >= 0.3 is 0 Å². The molecule has 2 N–H and O–H groups in total. The molecule has 1 aromatic carbocycles. The Bertz CT molecular complexity index is 432. The summed E-state index contributed by atoms with van der Waals surface area (Å²) in [6.45, 7) is 0. The van der Waals surface area contributed by atoms with Crippen molar-refractivity contribution in [3.8, 4) is 11.5 Å². The molecule has 1 fully saturated rings. The van der Waals surface area contributed by atoms with Crippen LogP contribution in [0.5, 0.6) is 11.5 Å². The Morgan fingerprint density at radius 1 is 1.14 bits per heavy atom. The third-order valence-corrected chi connectivity index (χ3v) is 3.40. The summed E-state index contributed by atoms with van der Waals surface area (Å²) >= 11 is 0. The SMILES string of the molecule is Oc1ccc(O)c2c1CC=C1CC[C@H]12. The summed E-state index contributed by atoms with van der Waals surface area (Å²) in [5, 5.41) is 19.4. The van der Waals surface area contributed by atoms with Crippen LogP contribution in [0.2, 0.25) is 0 Å². The monoisotopic (exact) mass is 188 g/mol. The molecule has 72 valence electrons. The third kappa shape index (κ3) is 0.857. The number of rotatable bonds is 0. The Kier molecular flexibility index (Phi) is 1.43. The van der Waals surface area contributed by atoms with Crippen molar-refractivity contribution in [1.82, 2.24) is 0 Å². The molecule has 2 aliphatic carbocycles. The first kappa shape index (κ1) is 7.92. The van der Waals surface area contributed by atoms with Gasteiger partial charge in [-0.1, -0.05) is 11.6 Å². The number of phenolic OH excluding ortho intramolecular Hbond substituents is 2. The number of fused-ring (bicyclic) bond motifs is 3. The van der Waals surface area contributed by atoms with Crippen molar-refractivity contribution < 1.29 is 10.2 Å². The Hall–Kier alpha value is -1.44. The Morgan fingerprint density at radius 3 is 2.64 bits per heavy atom. The number of benzene rings is 1. The minimum Gasteiger partial charge on any atom is -0.508 e. The molecule has 2 aliphatic rings. The summed E-state index contributed by atoms with van der Waals surface area (Å²) in [5.41, 5.74) is 3.31. The first-order valence-electron chi connectivity index (χ1n) is 5.00. The minimum atomic E-state index is 0.319. The van der Waals surface area contributed by atoms with E-state index in [1.54, 1.807) is 12.1 Å². The van der Waals surface area contributed by atoms with Gasteiger partial charge in [0.15, 0.2) is 0 Å². The fourth-order valence-corrected chi connectivity index (χ4v) is 2.51. The molecule has 1 saturated carbocycles. The Morgan fingerprint density at radius 2 is 1.93 bits per heavy atom. The van der Waals surface area contributed by atoms with Crippen LogP contribution in [-0.2, 0) is 6.42 Å². The number of aromatic hydroxyl groups is 2. The highest BCUT2D eigenvalue weighted by Crippen LogP contribution is 2.50. The van der Waals surface area contributed by atoms with Gasteiger partial charge in [-0.15, -0.1) is 0 Å². The molecule has 2 heteroatoms. The van der Waals surface area contributed by atoms with Crippen molar-refractivity contribution in [2.24, 2.45) is 0 Å². The van der Waals surface area contributed by atoms with E-state index in [4.69, 9.17) is 0 Å². The predicted molar refractivity (Wildman–Crippen MR) is 53.5 cm³/mol. The molecule has 1 atom stereocenters. The zero-order valence-corrected chi connectivity index (χ0v) is 7.83. The molecule has 0 aliphatic heterocycles. The topological polar surface area (TPSA) is 40.5 Å². The molecule has 3 rings (SSSR count). The summed E-state index contributed by atoms with van der Waals surface area (Å²) in [4.78, 5) is 0. The van der Waals surface area contributed by atoms with Crippen molar-refractivity contribution in [3.05, 3.63) is 34.9 Å².